The summed E-state index contributed by atoms with van der Waals surface area (Å²) in [5, 5.41) is 2.77. The largest absolute Gasteiger partial charge is 0.467 e. The van der Waals surface area contributed by atoms with E-state index in [2.05, 4.69) is 10.1 Å². The van der Waals surface area contributed by atoms with Gasteiger partial charge < -0.3 is 19.4 Å². The summed E-state index contributed by atoms with van der Waals surface area (Å²) in [4.78, 5) is 13.9. The lowest BCUT2D eigenvalue weighted by atomic mass is 10.2. The van der Waals surface area contributed by atoms with Crippen molar-refractivity contribution in [2.45, 2.75) is 18.1 Å². The molecule has 0 saturated heterocycles. The predicted molar refractivity (Wildman–Crippen MR) is 101 cm³/mol. The van der Waals surface area contributed by atoms with Crippen LogP contribution in [0.5, 0.6) is 5.75 Å². The van der Waals surface area contributed by atoms with Crippen molar-refractivity contribution in [2.24, 2.45) is 0 Å². The number of hydrogen-bond acceptors (Lipinski definition) is 5. The molecule has 2 aliphatic heterocycles. The lowest BCUT2D eigenvalue weighted by Gasteiger charge is -2.23. The van der Waals surface area contributed by atoms with Crippen LogP contribution in [-0.4, -0.2) is 56.4 Å². The Balaban J connectivity index is 1.34. The van der Waals surface area contributed by atoms with Crippen molar-refractivity contribution in [1.29, 1.82) is 0 Å². The molecule has 0 aliphatic carbocycles. The quantitative estimate of drug-likeness (QED) is 0.698. The van der Waals surface area contributed by atoms with Crippen molar-refractivity contribution < 1.29 is 31.1 Å². The lowest BCUT2D eigenvalue weighted by molar-refractivity contribution is -0.0498. The summed E-state index contributed by atoms with van der Waals surface area (Å²) in [5.41, 5.74) is 1.79. The second kappa shape index (κ2) is 8.07. The first-order chi connectivity index (χ1) is 14.3. The van der Waals surface area contributed by atoms with Gasteiger partial charge in [0.25, 0.3) is 0 Å². The van der Waals surface area contributed by atoms with Crippen molar-refractivity contribution in [3.8, 4) is 5.75 Å². The molecule has 0 spiro atoms. The minimum atomic E-state index is -3.79. The zero-order valence-corrected chi connectivity index (χ0v) is 16.6. The molecule has 2 aromatic rings. The van der Waals surface area contributed by atoms with Gasteiger partial charge in [0.2, 0.25) is 10.0 Å². The Morgan fingerprint density at radius 2 is 1.77 bits per heavy atom. The first-order valence-electron chi connectivity index (χ1n) is 9.13. The van der Waals surface area contributed by atoms with E-state index in [9.17, 15) is 22.0 Å². The number of nitrogens with zero attached hydrogens (tertiary/aromatic N) is 2. The Labute approximate surface area is 171 Å². The molecule has 0 saturated carbocycles. The van der Waals surface area contributed by atoms with E-state index in [-0.39, 0.29) is 36.3 Å². The van der Waals surface area contributed by atoms with Gasteiger partial charge in [0, 0.05) is 26.2 Å². The Morgan fingerprint density at radius 1 is 1.10 bits per heavy atom. The first kappa shape index (κ1) is 20.4. The highest BCUT2D eigenvalue weighted by Gasteiger charge is 2.37. The molecule has 1 N–H and O–H groups in total. The van der Waals surface area contributed by atoms with Crippen LogP contribution in [0.3, 0.4) is 0 Å². The number of urea groups is 1. The Kier molecular flexibility index (Phi) is 5.48. The van der Waals surface area contributed by atoms with E-state index in [1.807, 2.05) is 0 Å². The Morgan fingerprint density at radius 3 is 2.33 bits per heavy atom. The number of benzene rings is 1. The van der Waals surface area contributed by atoms with Crippen molar-refractivity contribution in [3.05, 3.63) is 59.6 Å². The third-order valence-corrected chi connectivity index (χ3v) is 6.77. The molecule has 0 atom stereocenters. The Bertz CT molecular complexity index is 1030. The van der Waals surface area contributed by atoms with Crippen LogP contribution in [0.2, 0.25) is 0 Å². The maximum Gasteiger partial charge on any atom is 0.387 e. The molecule has 8 nitrogen and oxygen atoms in total. The summed E-state index contributed by atoms with van der Waals surface area (Å²) in [6, 6.07) is 8.13. The van der Waals surface area contributed by atoms with E-state index < -0.39 is 16.6 Å². The van der Waals surface area contributed by atoms with E-state index in [1.165, 1.54) is 34.8 Å². The average Bonchev–Trinajstić information content (AvgIpc) is 3.42. The van der Waals surface area contributed by atoms with Crippen LogP contribution in [0.15, 0.2) is 63.1 Å². The van der Waals surface area contributed by atoms with E-state index in [0.717, 1.165) is 11.1 Å². The molecule has 30 heavy (non-hydrogen) atoms. The molecule has 0 unspecified atom stereocenters. The number of ether oxygens (including phenoxy) is 1. The summed E-state index contributed by atoms with van der Waals surface area (Å²) in [7, 11) is -3.79. The smallest absolute Gasteiger partial charge is 0.387 e. The molecule has 4 rings (SSSR count). The maximum atomic E-state index is 12.9. The van der Waals surface area contributed by atoms with Gasteiger partial charge in [0.15, 0.2) is 0 Å². The molecule has 1 aromatic heterocycles. The van der Waals surface area contributed by atoms with Gasteiger partial charge in [-0.05, 0) is 47.5 Å². The van der Waals surface area contributed by atoms with Crippen molar-refractivity contribution in [3.63, 3.8) is 0 Å². The third kappa shape index (κ3) is 4.17. The topological polar surface area (TPSA) is 92.1 Å². The van der Waals surface area contributed by atoms with Gasteiger partial charge in [-0.15, -0.1) is 0 Å². The van der Waals surface area contributed by atoms with Crippen LogP contribution >= 0.6 is 0 Å². The number of halogens is 2. The number of furan rings is 1. The van der Waals surface area contributed by atoms with Crippen LogP contribution < -0.4 is 10.1 Å². The standard InChI is InChI=1S/C19H19F2N3O5S/c20-18(21)29-15-3-5-17(6-4-15)30(26,27)24-11-13-9-23(10-14(13)12-24)19(25)22-8-16-2-1-7-28-16/h1-7,18H,8-12H2,(H,22,25). The molecular formula is C19H19F2N3O5S. The monoisotopic (exact) mass is 439 g/mol. The number of carbonyl (C=O) groups is 1. The number of rotatable bonds is 6. The molecule has 0 radical (unpaired) electrons. The van der Waals surface area contributed by atoms with E-state index >= 15 is 0 Å². The molecule has 160 valence electrons. The molecule has 3 heterocycles. The summed E-state index contributed by atoms with van der Waals surface area (Å²) in [6.45, 7) is -1.61. The van der Waals surface area contributed by atoms with E-state index in [0.29, 0.717) is 18.8 Å². The second-order valence-corrected chi connectivity index (χ2v) is 8.86. The average molecular weight is 439 g/mol. The van der Waals surface area contributed by atoms with Crippen molar-refractivity contribution in [2.75, 3.05) is 26.2 Å². The highest BCUT2D eigenvalue weighted by molar-refractivity contribution is 7.89. The lowest BCUT2D eigenvalue weighted by Crippen LogP contribution is -2.41. The fourth-order valence-corrected chi connectivity index (χ4v) is 4.92. The Hall–Kier alpha value is -2.92. The molecule has 0 fully saturated rings. The minimum absolute atomic E-state index is 0.00154. The number of sulfonamides is 1. The first-order valence-corrected chi connectivity index (χ1v) is 10.6. The number of nitrogens with one attached hydrogen (secondary N) is 1. The van der Waals surface area contributed by atoms with Gasteiger partial charge in [-0.3, -0.25) is 0 Å². The molecular weight excluding hydrogens is 420 g/mol. The van der Waals surface area contributed by atoms with Crippen LogP contribution in [0.1, 0.15) is 5.76 Å². The molecule has 11 heteroatoms. The van der Waals surface area contributed by atoms with E-state index in [1.54, 1.807) is 17.0 Å². The van der Waals surface area contributed by atoms with Gasteiger partial charge in [-0.2, -0.15) is 13.1 Å². The molecule has 0 bridgehead atoms. The van der Waals surface area contributed by atoms with Gasteiger partial charge in [0.1, 0.15) is 11.5 Å². The highest BCUT2D eigenvalue weighted by Crippen LogP contribution is 2.30. The normalized spacial score (nSPS) is 17.0. The van der Waals surface area contributed by atoms with Gasteiger partial charge in [-0.1, -0.05) is 0 Å². The maximum absolute atomic E-state index is 12.9. The fourth-order valence-electron chi connectivity index (χ4n) is 3.49. The van der Waals surface area contributed by atoms with Crippen LogP contribution in [0.4, 0.5) is 13.6 Å². The molecule has 2 amide bonds. The van der Waals surface area contributed by atoms with E-state index in [4.69, 9.17) is 4.42 Å². The number of hydrogen-bond donors (Lipinski definition) is 1. The van der Waals surface area contributed by atoms with Crippen molar-refractivity contribution in [1.82, 2.24) is 14.5 Å². The summed E-state index contributed by atoms with van der Waals surface area (Å²) >= 11 is 0. The summed E-state index contributed by atoms with van der Waals surface area (Å²) in [5.74, 6) is 0.535. The van der Waals surface area contributed by atoms with Crippen LogP contribution in [-0.2, 0) is 16.6 Å². The van der Waals surface area contributed by atoms with Gasteiger partial charge >= 0.3 is 12.6 Å². The zero-order chi connectivity index (χ0) is 21.3. The molecule has 1 aromatic carbocycles. The summed E-state index contributed by atoms with van der Waals surface area (Å²) < 4.78 is 61.0. The predicted octanol–water partition coefficient (Wildman–Crippen LogP) is 2.41. The number of alkyl halides is 2. The third-order valence-electron chi connectivity index (χ3n) is 4.97. The van der Waals surface area contributed by atoms with Gasteiger partial charge in [-0.25, -0.2) is 13.2 Å². The van der Waals surface area contributed by atoms with Crippen LogP contribution in [0, 0.1) is 0 Å². The van der Waals surface area contributed by atoms with Gasteiger partial charge in [0.05, 0.1) is 17.7 Å². The molecule has 2 aliphatic rings. The summed E-state index contributed by atoms with van der Waals surface area (Å²) in [6.07, 6.45) is 1.53. The number of carbonyl (C=O) groups excluding carboxylic acids is 1. The number of amides is 2. The zero-order valence-electron chi connectivity index (χ0n) is 15.8. The van der Waals surface area contributed by atoms with Crippen molar-refractivity contribution >= 4 is 16.1 Å². The second-order valence-electron chi connectivity index (χ2n) is 6.92. The SMILES string of the molecule is O=C(NCc1ccco1)N1CC2=C(C1)CN(S(=O)(=O)c1ccc(OC(F)F)cc1)C2. The van der Waals surface area contributed by atoms with Crippen LogP contribution in [0.25, 0.3) is 0 Å². The highest BCUT2D eigenvalue weighted by atomic mass is 32.2. The minimum Gasteiger partial charge on any atom is -0.467 e. The fraction of sp³-hybridized carbons (Fsp3) is 0.316.